The Hall–Kier alpha value is -3.65. The Balaban J connectivity index is 1.39. The molecule has 0 N–H and O–H groups in total. The fraction of sp³-hybridized carbons (Fsp3) is 0.286. The van der Waals surface area contributed by atoms with Gasteiger partial charge in [0.25, 0.3) is 0 Å². The van der Waals surface area contributed by atoms with Crippen LogP contribution < -0.4 is 0 Å². The lowest BCUT2D eigenvalue weighted by atomic mass is 9.94. The average molecular weight is 553 g/mol. The second-order valence-electron chi connectivity index (χ2n) is 10.1. The summed E-state index contributed by atoms with van der Waals surface area (Å²) >= 11 is 0. The highest BCUT2D eigenvalue weighted by Crippen LogP contribution is 2.30. The van der Waals surface area contributed by atoms with Gasteiger partial charge in [-0.3, -0.25) is 0 Å². The van der Waals surface area contributed by atoms with E-state index in [-0.39, 0.29) is 6.61 Å². The third-order valence-electron chi connectivity index (χ3n) is 7.05. The lowest BCUT2D eigenvalue weighted by Crippen LogP contribution is -2.61. The quantitative estimate of drug-likeness (QED) is 0.181. The van der Waals surface area contributed by atoms with Gasteiger partial charge in [0.05, 0.1) is 33.0 Å². The summed E-state index contributed by atoms with van der Waals surface area (Å²) in [5, 5.41) is 0. The summed E-state index contributed by atoms with van der Waals surface area (Å²) in [6.07, 6.45) is -2.41. The van der Waals surface area contributed by atoms with E-state index in [2.05, 4.69) is 0 Å². The molecule has 6 heteroatoms. The first kappa shape index (κ1) is 28.9. The molecule has 41 heavy (non-hydrogen) atoms. The zero-order chi connectivity index (χ0) is 28.1. The molecule has 1 aliphatic heterocycles. The summed E-state index contributed by atoms with van der Waals surface area (Å²) in [7, 11) is 0. The highest BCUT2D eigenvalue weighted by Gasteiger charge is 2.48. The Bertz CT molecular complexity index is 1290. The van der Waals surface area contributed by atoms with Crippen molar-refractivity contribution < 1.29 is 28.5 Å². The standard InChI is InChI=1S/C35H36O6/c36-21-31-33(38-23-28-15-7-2-8-16-28)35(40-25-30-19-11-4-12-20-30)34(39-24-29-17-9-3-10-18-29)32(41-31)26-37-22-27-13-5-1-6-14-27/h1-21,31-35H,22-26H2/t31-,32+,33+,34+,35+/m0/s1. The predicted molar refractivity (Wildman–Crippen MR) is 156 cm³/mol. The summed E-state index contributed by atoms with van der Waals surface area (Å²) in [4.78, 5) is 12.4. The molecule has 1 aliphatic rings. The molecule has 0 aromatic heterocycles. The van der Waals surface area contributed by atoms with E-state index in [4.69, 9.17) is 23.7 Å². The smallest absolute Gasteiger partial charge is 0.151 e. The second kappa shape index (κ2) is 15.4. The van der Waals surface area contributed by atoms with Crippen molar-refractivity contribution in [2.24, 2.45) is 0 Å². The SMILES string of the molecule is O=C[C@@H]1O[C@H](COCc2ccccc2)[C@@H](OCc2ccccc2)[C@H](OCc2ccccc2)[C@@H]1OCc1ccccc1. The van der Waals surface area contributed by atoms with Crippen molar-refractivity contribution in [3.63, 3.8) is 0 Å². The summed E-state index contributed by atoms with van der Waals surface area (Å²) in [5.41, 5.74) is 4.09. The van der Waals surface area contributed by atoms with Gasteiger partial charge in [-0.2, -0.15) is 0 Å². The molecule has 1 saturated heterocycles. The maximum absolute atomic E-state index is 12.4. The number of carbonyl (C=O) groups excluding carboxylic acids is 1. The fourth-order valence-corrected chi connectivity index (χ4v) is 4.93. The van der Waals surface area contributed by atoms with Crippen molar-refractivity contribution in [1.29, 1.82) is 0 Å². The summed E-state index contributed by atoms with van der Waals surface area (Å²) in [6, 6.07) is 39.7. The normalized spacial score (nSPS) is 22.3. The predicted octanol–water partition coefficient (Wildman–Crippen LogP) is 5.93. The minimum Gasteiger partial charge on any atom is -0.374 e. The fourth-order valence-electron chi connectivity index (χ4n) is 4.93. The van der Waals surface area contributed by atoms with Crippen molar-refractivity contribution in [2.45, 2.75) is 56.9 Å². The second-order valence-corrected chi connectivity index (χ2v) is 10.1. The number of carbonyl (C=O) groups is 1. The van der Waals surface area contributed by atoms with E-state index >= 15 is 0 Å². The van der Waals surface area contributed by atoms with E-state index in [0.717, 1.165) is 28.5 Å². The zero-order valence-electron chi connectivity index (χ0n) is 23.0. The number of hydrogen-bond donors (Lipinski definition) is 0. The Morgan fingerprint density at radius 2 is 0.902 bits per heavy atom. The molecule has 4 aromatic carbocycles. The van der Waals surface area contributed by atoms with E-state index in [9.17, 15) is 4.79 Å². The molecule has 1 heterocycles. The van der Waals surface area contributed by atoms with Crippen LogP contribution in [0.4, 0.5) is 0 Å². The van der Waals surface area contributed by atoms with Gasteiger partial charge in [0, 0.05) is 0 Å². The van der Waals surface area contributed by atoms with Gasteiger partial charge in [0.15, 0.2) is 6.29 Å². The van der Waals surface area contributed by atoms with Crippen LogP contribution in [-0.4, -0.2) is 43.4 Å². The number of ether oxygens (including phenoxy) is 5. The van der Waals surface area contributed by atoms with Crippen LogP contribution in [0, 0.1) is 0 Å². The van der Waals surface area contributed by atoms with Gasteiger partial charge in [-0.1, -0.05) is 121 Å². The Kier molecular flexibility index (Phi) is 10.8. The molecular weight excluding hydrogens is 516 g/mol. The molecule has 0 bridgehead atoms. The molecule has 0 aliphatic carbocycles. The highest BCUT2D eigenvalue weighted by atomic mass is 16.6. The van der Waals surface area contributed by atoms with Crippen LogP contribution in [0.15, 0.2) is 121 Å². The average Bonchev–Trinajstić information content (AvgIpc) is 3.04. The highest BCUT2D eigenvalue weighted by molar-refractivity contribution is 5.58. The Morgan fingerprint density at radius 3 is 1.34 bits per heavy atom. The topological polar surface area (TPSA) is 63.2 Å². The van der Waals surface area contributed by atoms with Crippen LogP contribution in [0.2, 0.25) is 0 Å². The van der Waals surface area contributed by atoms with Gasteiger partial charge in [-0.05, 0) is 22.3 Å². The zero-order valence-corrected chi connectivity index (χ0v) is 23.0. The van der Waals surface area contributed by atoms with E-state index in [1.165, 1.54) is 0 Å². The lowest BCUT2D eigenvalue weighted by molar-refractivity contribution is -0.264. The van der Waals surface area contributed by atoms with Crippen molar-refractivity contribution >= 4 is 6.29 Å². The van der Waals surface area contributed by atoms with Gasteiger partial charge in [0.1, 0.15) is 30.5 Å². The third-order valence-corrected chi connectivity index (χ3v) is 7.05. The van der Waals surface area contributed by atoms with Crippen molar-refractivity contribution in [2.75, 3.05) is 6.61 Å². The van der Waals surface area contributed by atoms with Gasteiger partial charge in [-0.25, -0.2) is 0 Å². The molecule has 5 atom stereocenters. The molecule has 0 saturated carbocycles. The van der Waals surface area contributed by atoms with E-state index in [1.807, 2.05) is 121 Å². The Labute approximate surface area is 241 Å². The van der Waals surface area contributed by atoms with Crippen molar-refractivity contribution in [3.05, 3.63) is 144 Å². The molecule has 1 fully saturated rings. The van der Waals surface area contributed by atoms with Crippen molar-refractivity contribution in [3.8, 4) is 0 Å². The van der Waals surface area contributed by atoms with E-state index in [0.29, 0.717) is 26.4 Å². The third kappa shape index (κ3) is 8.43. The van der Waals surface area contributed by atoms with Crippen LogP contribution in [0.1, 0.15) is 22.3 Å². The van der Waals surface area contributed by atoms with Gasteiger partial charge in [0.2, 0.25) is 0 Å². The van der Waals surface area contributed by atoms with Crippen LogP contribution in [0.3, 0.4) is 0 Å². The van der Waals surface area contributed by atoms with Crippen LogP contribution in [0.5, 0.6) is 0 Å². The number of benzene rings is 4. The maximum Gasteiger partial charge on any atom is 0.151 e. The molecule has 0 spiro atoms. The van der Waals surface area contributed by atoms with Gasteiger partial charge >= 0.3 is 0 Å². The van der Waals surface area contributed by atoms with Crippen LogP contribution in [-0.2, 0) is 54.9 Å². The minimum absolute atomic E-state index is 0.231. The lowest BCUT2D eigenvalue weighted by Gasteiger charge is -2.44. The van der Waals surface area contributed by atoms with Gasteiger partial charge in [-0.15, -0.1) is 0 Å². The van der Waals surface area contributed by atoms with Crippen molar-refractivity contribution in [1.82, 2.24) is 0 Å². The molecule has 4 aromatic rings. The molecule has 0 radical (unpaired) electrons. The first-order valence-corrected chi connectivity index (χ1v) is 14.0. The molecule has 6 nitrogen and oxygen atoms in total. The summed E-state index contributed by atoms with van der Waals surface area (Å²) in [6.45, 7) is 1.65. The molecular formula is C35H36O6. The molecule has 212 valence electrons. The summed E-state index contributed by atoms with van der Waals surface area (Å²) in [5.74, 6) is 0. The van der Waals surface area contributed by atoms with E-state index < -0.39 is 30.5 Å². The van der Waals surface area contributed by atoms with Gasteiger partial charge < -0.3 is 28.5 Å². The summed E-state index contributed by atoms with van der Waals surface area (Å²) < 4.78 is 31.9. The number of aldehydes is 1. The number of hydrogen-bond acceptors (Lipinski definition) is 6. The van der Waals surface area contributed by atoms with Crippen LogP contribution in [0.25, 0.3) is 0 Å². The maximum atomic E-state index is 12.4. The van der Waals surface area contributed by atoms with E-state index in [1.54, 1.807) is 0 Å². The minimum atomic E-state index is -0.846. The first-order chi connectivity index (χ1) is 20.3. The molecule has 5 rings (SSSR count). The largest absolute Gasteiger partial charge is 0.374 e. The first-order valence-electron chi connectivity index (χ1n) is 14.0. The molecule has 0 amide bonds. The monoisotopic (exact) mass is 552 g/mol. The number of rotatable bonds is 14. The molecule has 0 unspecified atom stereocenters. The Morgan fingerprint density at radius 1 is 0.512 bits per heavy atom. The van der Waals surface area contributed by atoms with Crippen LogP contribution >= 0.6 is 0 Å².